The van der Waals surface area contributed by atoms with Gasteiger partial charge in [0.2, 0.25) is 0 Å². The summed E-state index contributed by atoms with van der Waals surface area (Å²) in [5, 5.41) is 7.08. The van der Waals surface area contributed by atoms with Gasteiger partial charge in [0, 0.05) is 21.5 Å². The molecule has 0 amide bonds. The van der Waals surface area contributed by atoms with E-state index in [4.69, 9.17) is 18.9 Å². The van der Waals surface area contributed by atoms with Crippen LogP contribution in [-0.4, -0.2) is 25.5 Å². The Labute approximate surface area is 294 Å². The monoisotopic (exact) mass is 670 g/mol. The Morgan fingerprint density at radius 1 is 0.460 bits per heavy atom. The lowest BCUT2D eigenvalue weighted by Crippen LogP contribution is -2.12. The van der Waals surface area contributed by atoms with E-state index in [1.807, 2.05) is 36.4 Å². The first kappa shape index (κ1) is 34.8. The first-order chi connectivity index (χ1) is 24.5. The fraction of sp³-hybridized carbons (Fsp3) is 0.318. The van der Waals surface area contributed by atoms with Crippen LogP contribution in [0.15, 0.2) is 84.9 Å². The van der Waals surface area contributed by atoms with Crippen molar-refractivity contribution in [3.8, 4) is 22.6 Å². The van der Waals surface area contributed by atoms with Gasteiger partial charge in [0.1, 0.15) is 11.5 Å². The maximum atomic E-state index is 13.1. The molecule has 0 spiro atoms. The summed E-state index contributed by atoms with van der Waals surface area (Å²) in [6.45, 7) is 9.14. The van der Waals surface area contributed by atoms with Gasteiger partial charge in [0.15, 0.2) is 0 Å². The Morgan fingerprint density at radius 3 is 1.22 bits per heavy atom. The molecular weight excluding hydrogens is 624 g/mol. The number of aryl methyl sites for hydroxylation is 2. The highest BCUT2D eigenvalue weighted by Gasteiger charge is 2.25. The molecular formula is C44H46O6. The second-order valence-electron chi connectivity index (χ2n) is 12.8. The number of carbonyl (C=O) groups is 2. The Morgan fingerprint density at radius 2 is 0.840 bits per heavy atom. The Kier molecular flexibility index (Phi) is 11.2. The van der Waals surface area contributed by atoms with Gasteiger partial charge in [0.25, 0.3) is 0 Å². The fourth-order valence-electron chi connectivity index (χ4n) is 6.81. The number of carbonyl (C=O) groups excluding carboxylic acids is 2. The smallest absolute Gasteiger partial charge is 0.434 e. The Bertz CT molecular complexity index is 2010. The first-order valence-electron chi connectivity index (χ1n) is 18.1. The van der Waals surface area contributed by atoms with Crippen LogP contribution in [0.3, 0.4) is 0 Å². The van der Waals surface area contributed by atoms with Crippen LogP contribution >= 0.6 is 0 Å². The number of hydrogen-bond donors (Lipinski definition) is 0. The molecule has 0 heterocycles. The van der Waals surface area contributed by atoms with Crippen molar-refractivity contribution in [3.63, 3.8) is 0 Å². The molecule has 0 N–H and O–H groups in total. The second kappa shape index (κ2) is 16.1. The van der Waals surface area contributed by atoms with Gasteiger partial charge in [-0.05, 0) is 69.5 Å². The number of unbranched alkanes of at least 4 members (excludes halogenated alkanes) is 4. The molecule has 6 heteroatoms. The van der Waals surface area contributed by atoms with Crippen LogP contribution in [0.2, 0.25) is 0 Å². The summed E-state index contributed by atoms with van der Waals surface area (Å²) >= 11 is 0. The van der Waals surface area contributed by atoms with Crippen LogP contribution in [0, 0.1) is 0 Å². The molecule has 258 valence electrons. The van der Waals surface area contributed by atoms with Gasteiger partial charge in [-0.3, -0.25) is 0 Å². The average molecular weight is 671 g/mol. The topological polar surface area (TPSA) is 71.1 Å². The molecule has 50 heavy (non-hydrogen) atoms. The van der Waals surface area contributed by atoms with Crippen LogP contribution in [0.5, 0.6) is 11.5 Å². The lowest BCUT2D eigenvalue weighted by Gasteiger charge is -2.22. The van der Waals surface area contributed by atoms with E-state index in [0.717, 1.165) is 117 Å². The van der Waals surface area contributed by atoms with E-state index in [1.54, 1.807) is 0 Å². The van der Waals surface area contributed by atoms with Crippen LogP contribution in [0.1, 0.15) is 77.3 Å². The molecule has 6 rings (SSSR count). The second-order valence-corrected chi connectivity index (χ2v) is 12.8. The van der Waals surface area contributed by atoms with Crippen molar-refractivity contribution in [2.24, 2.45) is 0 Å². The zero-order chi connectivity index (χ0) is 35.0. The molecule has 0 saturated carbocycles. The highest BCUT2D eigenvalue weighted by atomic mass is 16.7. The molecule has 0 bridgehead atoms. The average Bonchev–Trinajstić information content (AvgIpc) is 3.15. The third-order valence-electron chi connectivity index (χ3n) is 9.45. The Hall–Kier alpha value is -5.10. The maximum absolute atomic E-state index is 13.1. The SMILES string of the molecule is CCCCCOC(=O)Oc1c2ccccc2c(-c2c3ccccc3c(OC(=O)OCCCCC)c3ccc(CC)cc23)c2cc(CC)ccc12. The quantitative estimate of drug-likeness (QED) is 0.0527. The minimum absolute atomic E-state index is 0.318. The molecule has 0 aromatic heterocycles. The zero-order valence-corrected chi connectivity index (χ0v) is 29.6. The van der Waals surface area contributed by atoms with E-state index in [9.17, 15) is 9.59 Å². The molecule has 0 saturated heterocycles. The highest BCUT2D eigenvalue weighted by Crippen LogP contribution is 2.50. The molecule has 0 aliphatic carbocycles. The van der Waals surface area contributed by atoms with Crippen LogP contribution in [0.4, 0.5) is 9.59 Å². The van der Waals surface area contributed by atoms with Crippen molar-refractivity contribution in [2.75, 3.05) is 13.2 Å². The summed E-state index contributed by atoms with van der Waals surface area (Å²) in [5.41, 5.74) is 4.38. The van der Waals surface area contributed by atoms with Crippen molar-refractivity contribution in [2.45, 2.75) is 79.1 Å². The third kappa shape index (κ3) is 7.11. The zero-order valence-electron chi connectivity index (χ0n) is 29.6. The van der Waals surface area contributed by atoms with E-state index in [1.165, 1.54) is 0 Å². The number of hydrogen-bond acceptors (Lipinski definition) is 6. The minimum atomic E-state index is -0.702. The lowest BCUT2D eigenvalue weighted by atomic mass is 9.84. The lowest BCUT2D eigenvalue weighted by molar-refractivity contribution is 0.0973. The van der Waals surface area contributed by atoms with Gasteiger partial charge in [-0.15, -0.1) is 0 Å². The van der Waals surface area contributed by atoms with E-state index in [-0.39, 0.29) is 0 Å². The first-order valence-corrected chi connectivity index (χ1v) is 18.1. The van der Waals surface area contributed by atoms with Gasteiger partial charge in [-0.25, -0.2) is 9.59 Å². The van der Waals surface area contributed by atoms with E-state index in [2.05, 4.69) is 76.2 Å². The van der Waals surface area contributed by atoms with Gasteiger partial charge >= 0.3 is 12.3 Å². The Balaban J connectivity index is 1.64. The maximum Gasteiger partial charge on any atom is 0.513 e. The van der Waals surface area contributed by atoms with Crippen LogP contribution < -0.4 is 9.47 Å². The molecule has 0 radical (unpaired) electrons. The summed E-state index contributed by atoms with van der Waals surface area (Å²) in [5.74, 6) is 0.965. The van der Waals surface area contributed by atoms with Crippen molar-refractivity contribution in [1.29, 1.82) is 0 Å². The minimum Gasteiger partial charge on any atom is -0.434 e. The van der Waals surface area contributed by atoms with E-state index in [0.29, 0.717) is 24.7 Å². The highest BCUT2D eigenvalue weighted by molar-refractivity contribution is 6.27. The molecule has 0 aliphatic heterocycles. The van der Waals surface area contributed by atoms with Crippen molar-refractivity contribution in [1.82, 2.24) is 0 Å². The van der Waals surface area contributed by atoms with Crippen molar-refractivity contribution in [3.05, 3.63) is 96.1 Å². The third-order valence-corrected chi connectivity index (χ3v) is 9.45. The van der Waals surface area contributed by atoms with Gasteiger partial charge < -0.3 is 18.9 Å². The summed E-state index contributed by atoms with van der Waals surface area (Å²) in [7, 11) is 0. The summed E-state index contributed by atoms with van der Waals surface area (Å²) < 4.78 is 23.2. The summed E-state index contributed by atoms with van der Waals surface area (Å²) in [6, 6.07) is 28.8. The molecule has 0 atom stereocenters. The van der Waals surface area contributed by atoms with Crippen molar-refractivity contribution >= 4 is 55.4 Å². The predicted octanol–water partition coefficient (Wildman–Crippen LogP) is 12.5. The number of ether oxygens (including phenoxy) is 4. The summed E-state index contributed by atoms with van der Waals surface area (Å²) in [6.07, 6.45) is 5.90. The van der Waals surface area contributed by atoms with Gasteiger partial charge in [-0.1, -0.05) is 138 Å². The molecule has 0 unspecified atom stereocenters. The summed E-state index contributed by atoms with van der Waals surface area (Å²) in [4.78, 5) is 26.2. The standard InChI is InChI=1S/C44H46O6/c1-5-9-15-25-47-43(45)49-41-33-19-13-11-17-31(33)39(37-27-29(7-3)21-23-35(37)41)40-32-18-12-14-20-34(32)42(50-44(46)48-26-16-10-6-2)36-24-22-30(8-4)28-38(36)40/h11-14,17-24,27-28H,5-10,15-16,25-26H2,1-4H3. The van der Waals surface area contributed by atoms with E-state index >= 15 is 0 Å². The largest absolute Gasteiger partial charge is 0.513 e. The number of rotatable bonds is 13. The van der Waals surface area contributed by atoms with Gasteiger partial charge in [-0.2, -0.15) is 0 Å². The van der Waals surface area contributed by atoms with E-state index < -0.39 is 12.3 Å². The molecule has 6 aromatic rings. The van der Waals surface area contributed by atoms with Gasteiger partial charge in [0.05, 0.1) is 13.2 Å². The predicted molar refractivity (Wildman–Crippen MR) is 204 cm³/mol. The molecule has 6 nitrogen and oxygen atoms in total. The van der Waals surface area contributed by atoms with Crippen molar-refractivity contribution < 1.29 is 28.5 Å². The van der Waals surface area contributed by atoms with Crippen LogP contribution in [0.25, 0.3) is 54.2 Å². The molecule has 0 fully saturated rings. The normalized spacial score (nSPS) is 11.4. The number of benzene rings is 6. The fourth-order valence-corrected chi connectivity index (χ4v) is 6.81. The molecule has 6 aromatic carbocycles. The van der Waals surface area contributed by atoms with Crippen LogP contribution in [-0.2, 0) is 22.3 Å². The molecule has 0 aliphatic rings. The number of fused-ring (bicyclic) bond motifs is 4.